The zero-order valence-corrected chi connectivity index (χ0v) is 8.48. The van der Waals surface area contributed by atoms with Crippen LogP contribution in [0.2, 0.25) is 6.04 Å². The van der Waals surface area contributed by atoms with Crippen LogP contribution in [-0.2, 0) is 13.3 Å². The minimum atomic E-state index is -2.29. The number of hydrogen-bond donors (Lipinski definition) is 1. The Hall–Kier alpha value is 0.664. The normalized spacial score (nSPS) is 10.9. The van der Waals surface area contributed by atoms with Gasteiger partial charge < -0.3 is 13.3 Å². The molecule has 0 aliphatic heterocycles. The van der Waals surface area contributed by atoms with Crippen LogP contribution in [0.25, 0.3) is 0 Å². The van der Waals surface area contributed by atoms with Crippen LogP contribution in [0.4, 0.5) is 0 Å². The number of rotatable bonds is 5. The molecule has 0 aliphatic carbocycles. The molecule has 0 N–H and O–H groups in total. The second-order valence-corrected chi connectivity index (χ2v) is 5.31. The third-order valence-corrected chi connectivity index (χ3v) is 4.72. The molecular formula is C5H18O3SSi2. The van der Waals surface area contributed by atoms with Crippen molar-refractivity contribution in [1.82, 2.24) is 0 Å². The third kappa shape index (κ3) is 4.29. The first-order valence-corrected chi connectivity index (χ1v) is 5.57. The first-order chi connectivity index (χ1) is 4.74. The maximum Gasteiger partial charge on any atom is 0.500 e. The largest absolute Gasteiger partial charge is 0.500 e. The van der Waals surface area contributed by atoms with E-state index in [2.05, 4.69) is 12.6 Å². The number of hydrogen-bond acceptors (Lipinski definition) is 4. The van der Waals surface area contributed by atoms with Gasteiger partial charge in [-0.05, 0) is 16.7 Å². The minimum absolute atomic E-state index is 0. The third-order valence-electron chi connectivity index (χ3n) is 1.35. The molecule has 0 atom stereocenters. The molecule has 0 saturated carbocycles. The molecule has 0 rings (SSSR count). The highest BCUT2D eigenvalue weighted by Gasteiger charge is 2.36. The van der Waals surface area contributed by atoms with Crippen LogP contribution in [0.1, 0.15) is 0 Å². The fourth-order valence-corrected chi connectivity index (χ4v) is 2.90. The molecule has 0 fully saturated rings. The highest BCUT2D eigenvalue weighted by molar-refractivity contribution is 7.80. The van der Waals surface area contributed by atoms with Gasteiger partial charge in [0.15, 0.2) is 0 Å². The van der Waals surface area contributed by atoms with Gasteiger partial charge in [0.05, 0.1) is 0 Å². The maximum absolute atomic E-state index is 5.12. The zero-order chi connectivity index (χ0) is 8.04. The van der Waals surface area contributed by atoms with Crippen LogP contribution in [0, 0.1) is 0 Å². The van der Waals surface area contributed by atoms with Gasteiger partial charge in [-0.3, -0.25) is 0 Å². The second-order valence-electron chi connectivity index (χ2n) is 1.77. The fraction of sp³-hybridized carbons (Fsp3) is 1.00. The van der Waals surface area contributed by atoms with Crippen molar-refractivity contribution in [3.63, 3.8) is 0 Å². The summed E-state index contributed by atoms with van der Waals surface area (Å²) in [5, 5.41) is 0. The van der Waals surface area contributed by atoms with Gasteiger partial charge in [-0.1, -0.05) is 0 Å². The lowest BCUT2D eigenvalue weighted by Crippen LogP contribution is -2.42. The van der Waals surface area contributed by atoms with E-state index < -0.39 is 8.80 Å². The van der Waals surface area contributed by atoms with E-state index in [0.717, 1.165) is 11.8 Å². The van der Waals surface area contributed by atoms with Gasteiger partial charge in [0, 0.05) is 27.4 Å². The SMILES string of the molecule is CO[Si](CCS)(OC)OC.[SiH4]. The van der Waals surface area contributed by atoms with Gasteiger partial charge in [-0.15, -0.1) is 0 Å². The van der Waals surface area contributed by atoms with Crippen molar-refractivity contribution in [1.29, 1.82) is 0 Å². The Morgan fingerprint density at radius 2 is 1.45 bits per heavy atom. The highest BCUT2D eigenvalue weighted by atomic mass is 32.1. The van der Waals surface area contributed by atoms with E-state index in [4.69, 9.17) is 13.3 Å². The first-order valence-electron chi connectivity index (χ1n) is 3.01. The molecule has 0 aromatic heterocycles. The minimum Gasteiger partial charge on any atom is -0.377 e. The molecule has 0 aliphatic rings. The predicted molar refractivity (Wildman–Crippen MR) is 56.8 cm³/mol. The van der Waals surface area contributed by atoms with Gasteiger partial charge in [-0.2, -0.15) is 12.6 Å². The Kier molecular flexibility index (Phi) is 9.45. The molecular weight excluding hydrogens is 196 g/mol. The van der Waals surface area contributed by atoms with Crippen molar-refractivity contribution in [2.24, 2.45) is 0 Å². The lowest BCUT2D eigenvalue weighted by Gasteiger charge is -2.23. The summed E-state index contributed by atoms with van der Waals surface area (Å²) in [6, 6.07) is 0.750. The van der Waals surface area contributed by atoms with Crippen molar-refractivity contribution >= 4 is 32.4 Å². The van der Waals surface area contributed by atoms with Crippen LogP contribution in [0.5, 0.6) is 0 Å². The summed E-state index contributed by atoms with van der Waals surface area (Å²) in [6.07, 6.45) is 0. The van der Waals surface area contributed by atoms with Gasteiger partial charge in [-0.25, -0.2) is 0 Å². The van der Waals surface area contributed by atoms with Crippen LogP contribution in [0.15, 0.2) is 0 Å². The van der Waals surface area contributed by atoms with E-state index in [1.807, 2.05) is 0 Å². The van der Waals surface area contributed by atoms with Crippen molar-refractivity contribution in [2.75, 3.05) is 27.1 Å². The molecule has 0 bridgehead atoms. The van der Waals surface area contributed by atoms with Gasteiger partial charge >= 0.3 is 8.80 Å². The molecule has 6 heteroatoms. The summed E-state index contributed by atoms with van der Waals surface area (Å²) in [7, 11) is 2.51. The molecule has 0 unspecified atom stereocenters. The van der Waals surface area contributed by atoms with Crippen LogP contribution in [0.3, 0.4) is 0 Å². The van der Waals surface area contributed by atoms with E-state index in [9.17, 15) is 0 Å². The van der Waals surface area contributed by atoms with E-state index in [1.165, 1.54) is 0 Å². The zero-order valence-electron chi connectivity index (χ0n) is 6.59. The summed E-state index contributed by atoms with van der Waals surface area (Å²) in [5.41, 5.74) is 0. The second kappa shape index (κ2) is 7.32. The lowest BCUT2D eigenvalue weighted by atomic mass is 11.0. The molecule has 0 radical (unpaired) electrons. The summed E-state index contributed by atoms with van der Waals surface area (Å²) in [5.74, 6) is 0.724. The summed E-state index contributed by atoms with van der Waals surface area (Å²) in [4.78, 5) is 0. The quantitative estimate of drug-likeness (QED) is 0.487. The Morgan fingerprint density at radius 3 is 1.55 bits per heavy atom. The van der Waals surface area contributed by atoms with Crippen molar-refractivity contribution in [2.45, 2.75) is 6.04 Å². The average molecular weight is 214 g/mol. The Labute approximate surface area is 79.2 Å². The molecule has 0 saturated heterocycles. The highest BCUT2D eigenvalue weighted by Crippen LogP contribution is 2.12. The van der Waals surface area contributed by atoms with E-state index >= 15 is 0 Å². The first kappa shape index (κ1) is 14.2. The monoisotopic (exact) mass is 214 g/mol. The topological polar surface area (TPSA) is 27.7 Å². The van der Waals surface area contributed by atoms with E-state index in [1.54, 1.807) is 21.3 Å². The Bertz CT molecular complexity index is 81.5. The Morgan fingerprint density at radius 1 is 1.09 bits per heavy atom. The summed E-state index contributed by atoms with van der Waals surface area (Å²) < 4.78 is 15.4. The Balaban J connectivity index is 0. The van der Waals surface area contributed by atoms with Gasteiger partial charge in [0.2, 0.25) is 0 Å². The van der Waals surface area contributed by atoms with E-state index in [-0.39, 0.29) is 11.0 Å². The molecule has 3 nitrogen and oxygen atoms in total. The van der Waals surface area contributed by atoms with Crippen molar-refractivity contribution in [3.05, 3.63) is 0 Å². The van der Waals surface area contributed by atoms with Crippen LogP contribution < -0.4 is 0 Å². The lowest BCUT2D eigenvalue weighted by molar-refractivity contribution is 0.125. The molecule has 0 heterocycles. The predicted octanol–water partition coefficient (Wildman–Crippen LogP) is -0.657. The smallest absolute Gasteiger partial charge is 0.377 e. The molecule has 0 aromatic carbocycles. The molecule has 70 valence electrons. The standard InChI is InChI=1S/C5H14O3SSi.H4Si/c1-6-10(7-2,8-3)5-4-9;/h9H,4-5H2,1-3H3;1H4. The average Bonchev–Trinajstić information content (AvgIpc) is 2.01. The van der Waals surface area contributed by atoms with Crippen molar-refractivity contribution < 1.29 is 13.3 Å². The maximum atomic E-state index is 5.12. The van der Waals surface area contributed by atoms with Crippen molar-refractivity contribution in [3.8, 4) is 0 Å². The molecule has 0 spiro atoms. The summed E-state index contributed by atoms with van der Waals surface area (Å²) >= 11 is 4.07. The van der Waals surface area contributed by atoms with Crippen LogP contribution in [-0.4, -0.2) is 46.9 Å². The van der Waals surface area contributed by atoms with Crippen LogP contribution >= 0.6 is 12.6 Å². The number of thiol groups is 1. The van der Waals surface area contributed by atoms with Gasteiger partial charge in [0.1, 0.15) is 0 Å². The molecule has 0 aromatic rings. The molecule has 0 amide bonds. The molecule has 11 heavy (non-hydrogen) atoms. The van der Waals surface area contributed by atoms with E-state index in [0.29, 0.717) is 0 Å². The fourth-order valence-electron chi connectivity index (χ4n) is 0.693. The van der Waals surface area contributed by atoms with Gasteiger partial charge in [0.25, 0.3) is 0 Å². The summed E-state index contributed by atoms with van der Waals surface area (Å²) in [6.45, 7) is 0.